The molecule has 4 heterocycles. The average molecular weight is 417 g/mol. The van der Waals surface area contributed by atoms with Gasteiger partial charge in [0.1, 0.15) is 5.60 Å². The average Bonchev–Trinajstić information content (AvgIpc) is 2.85. The molecule has 31 heavy (non-hydrogen) atoms. The lowest BCUT2D eigenvalue weighted by Crippen LogP contribution is -2.49. The number of methoxy groups -OCH3 is 1. The molecule has 1 aromatic carbocycles. The van der Waals surface area contributed by atoms with E-state index in [4.69, 9.17) is 14.5 Å². The molecule has 1 spiro atoms. The second-order valence-corrected chi connectivity index (χ2v) is 7.73. The summed E-state index contributed by atoms with van der Waals surface area (Å²) in [4.78, 5) is 32.6. The number of carbonyl (C=O) groups excluding carboxylic acids is 1. The third-order valence-electron chi connectivity index (χ3n) is 6.00. The second kappa shape index (κ2) is 8.03. The zero-order valence-corrected chi connectivity index (χ0v) is 17.3. The Kier molecular flexibility index (Phi) is 5.07. The molecule has 8 nitrogen and oxygen atoms in total. The van der Waals surface area contributed by atoms with Crippen LogP contribution in [-0.4, -0.2) is 57.5 Å². The van der Waals surface area contributed by atoms with Crippen LogP contribution in [0.3, 0.4) is 0 Å². The molecule has 5 rings (SSSR count). The van der Waals surface area contributed by atoms with E-state index in [1.807, 2.05) is 36.5 Å². The van der Waals surface area contributed by atoms with Crippen LogP contribution in [0.1, 0.15) is 34.6 Å². The van der Waals surface area contributed by atoms with Crippen molar-refractivity contribution in [1.29, 1.82) is 0 Å². The SMILES string of the molecule is COc1nccnc1C(=O)N1CCC2(CC1)OCCc1cnc(-c3ccccc3)nc12. The van der Waals surface area contributed by atoms with Gasteiger partial charge in [0, 0.05) is 37.2 Å². The van der Waals surface area contributed by atoms with Gasteiger partial charge in [-0.1, -0.05) is 30.3 Å². The highest BCUT2D eigenvalue weighted by Crippen LogP contribution is 2.41. The lowest BCUT2D eigenvalue weighted by molar-refractivity contribution is -0.0967. The van der Waals surface area contributed by atoms with Crippen LogP contribution >= 0.6 is 0 Å². The standard InChI is InChI=1S/C23H23N5O3/c1-30-21-18(24-10-11-25-21)22(29)28-12-8-23(9-13-28)19-17(7-14-31-23)15-26-20(27-19)16-5-3-2-4-6-16/h2-6,10-11,15H,7-9,12-14H2,1H3. The van der Waals surface area contributed by atoms with Gasteiger partial charge in [0.2, 0.25) is 5.88 Å². The molecule has 0 radical (unpaired) electrons. The van der Waals surface area contributed by atoms with Gasteiger partial charge in [0.15, 0.2) is 11.5 Å². The van der Waals surface area contributed by atoms with Crippen LogP contribution in [0.25, 0.3) is 11.4 Å². The van der Waals surface area contributed by atoms with Crippen molar-refractivity contribution in [2.45, 2.75) is 24.9 Å². The number of benzene rings is 1. The molecule has 3 aromatic rings. The molecule has 0 N–H and O–H groups in total. The summed E-state index contributed by atoms with van der Waals surface area (Å²) in [6.07, 6.45) is 7.07. The van der Waals surface area contributed by atoms with Crippen molar-refractivity contribution in [3.8, 4) is 17.3 Å². The summed E-state index contributed by atoms with van der Waals surface area (Å²) >= 11 is 0. The number of fused-ring (bicyclic) bond motifs is 2. The predicted molar refractivity (Wildman–Crippen MR) is 113 cm³/mol. The molecule has 2 aromatic heterocycles. The summed E-state index contributed by atoms with van der Waals surface area (Å²) in [7, 11) is 1.49. The van der Waals surface area contributed by atoms with Crippen LogP contribution < -0.4 is 4.74 Å². The van der Waals surface area contributed by atoms with E-state index < -0.39 is 5.60 Å². The summed E-state index contributed by atoms with van der Waals surface area (Å²) in [6.45, 7) is 1.72. The van der Waals surface area contributed by atoms with Crippen LogP contribution in [0.2, 0.25) is 0 Å². The van der Waals surface area contributed by atoms with E-state index in [9.17, 15) is 4.79 Å². The van der Waals surface area contributed by atoms with Crippen LogP contribution in [0.5, 0.6) is 5.88 Å². The Labute approximate surface area is 180 Å². The van der Waals surface area contributed by atoms with Gasteiger partial charge in [-0.25, -0.2) is 19.9 Å². The quantitative estimate of drug-likeness (QED) is 0.647. The largest absolute Gasteiger partial charge is 0.479 e. The van der Waals surface area contributed by atoms with E-state index in [-0.39, 0.29) is 17.5 Å². The van der Waals surface area contributed by atoms with Crippen molar-refractivity contribution in [3.05, 3.63) is 65.9 Å². The monoisotopic (exact) mass is 417 g/mol. The van der Waals surface area contributed by atoms with Crippen molar-refractivity contribution in [2.75, 3.05) is 26.8 Å². The van der Waals surface area contributed by atoms with E-state index in [2.05, 4.69) is 15.0 Å². The molecule has 2 aliphatic heterocycles. The summed E-state index contributed by atoms with van der Waals surface area (Å²) in [5.41, 5.74) is 2.80. The molecule has 1 amide bonds. The topological polar surface area (TPSA) is 90.3 Å². The number of aromatic nitrogens is 4. The van der Waals surface area contributed by atoms with Crippen molar-refractivity contribution >= 4 is 5.91 Å². The molecule has 0 bridgehead atoms. The number of rotatable bonds is 3. The highest BCUT2D eigenvalue weighted by molar-refractivity contribution is 5.94. The first kappa shape index (κ1) is 19.6. The Morgan fingerprint density at radius 3 is 2.65 bits per heavy atom. The molecule has 0 aliphatic carbocycles. The first-order chi connectivity index (χ1) is 15.2. The fraction of sp³-hybridized carbons (Fsp3) is 0.348. The summed E-state index contributed by atoms with van der Waals surface area (Å²) in [5, 5.41) is 0. The lowest BCUT2D eigenvalue weighted by Gasteiger charge is -2.44. The van der Waals surface area contributed by atoms with Gasteiger partial charge in [0.25, 0.3) is 5.91 Å². The minimum absolute atomic E-state index is 0.177. The summed E-state index contributed by atoms with van der Waals surface area (Å²) in [6, 6.07) is 9.96. The molecule has 0 unspecified atom stereocenters. The first-order valence-corrected chi connectivity index (χ1v) is 10.4. The van der Waals surface area contributed by atoms with Gasteiger partial charge in [-0.05, 0) is 24.8 Å². The number of piperidine rings is 1. The van der Waals surface area contributed by atoms with Crippen LogP contribution in [0, 0.1) is 0 Å². The Morgan fingerprint density at radius 1 is 1.10 bits per heavy atom. The highest BCUT2D eigenvalue weighted by atomic mass is 16.5. The van der Waals surface area contributed by atoms with E-state index in [0.29, 0.717) is 38.4 Å². The Balaban J connectivity index is 1.40. The lowest BCUT2D eigenvalue weighted by atomic mass is 9.83. The Hall–Kier alpha value is -3.39. The van der Waals surface area contributed by atoms with E-state index in [1.165, 1.54) is 19.5 Å². The molecule has 0 saturated carbocycles. The zero-order valence-electron chi connectivity index (χ0n) is 17.3. The zero-order chi connectivity index (χ0) is 21.3. The van der Waals surface area contributed by atoms with Gasteiger partial charge < -0.3 is 14.4 Å². The molecular weight excluding hydrogens is 394 g/mol. The second-order valence-electron chi connectivity index (χ2n) is 7.73. The predicted octanol–water partition coefficient (Wildman–Crippen LogP) is 2.65. The third kappa shape index (κ3) is 3.53. The maximum Gasteiger partial charge on any atom is 0.278 e. The van der Waals surface area contributed by atoms with E-state index in [0.717, 1.165) is 23.2 Å². The maximum absolute atomic E-state index is 13.0. The number of ether oxygens (including phenoxy) is 2. The van der Waals surface area contributed by atoms with E-state index >= 15 is 0 Å². The number of nitrogens with zero attached hydrogens (tertiary/aromatic N) is 5. The molecule has 1 fully saturated rings. The van der Waals surface area contributed by atoms with Crippen molar-refractivity contribution in [3.63, 3.8) is 0 Å². The van der Waals surface area contributed by atoms with Crippen LogP contribution in [-0.2, 0) is 16.8 Å². The molecule has 8 heteroatoms. The highest BCUT2D eigenvalue weighted by Gasteiger charge is 2.44. The van der Waals surface area contributed by atoms with Crippen LogP contribution in [0.4, 0.5) is 0 Å². The number of likely N-dealkylation sites (tertiary alicyclic amines) is 1. The Bertz CT molecular complexity index is 1100. The van der Waals surface area contributed by atoms with Crippen molar-refractivity contribution < 1.29 is 14.3 Å². The first-order valence-electron chi connectivity index (χ1n) is 10.4. The minimum atomic E-state index is -0.497. The van der Waals surface area contributed by atoms with Gasteiger partial charge in [-0.2, -0.15) is 0 Å². The van der Waals surface area contributed by atoms with Crippen LogP contribution in [0.15, 0.2) is 48.9 Å². The number of amides is 1. The van der Waals surface area contributed by atoms with E-state index in [1.54, 1.807) is 4.90 Å². The van der Waals surface area contributed by atoms with Crippen molar-refractivity contribution in [1.82, 2.24) is 24.8 Å². The van der Waals surface area contributed by atoms with Gasteiger partial charge in [-0.3, -0.25) is 4.79 Å². The van der Waals surface area contributed by atoms with Gasteiger partial charge >= 0.3 is 0 Å². The van der Waals surface area contributed by atoms with Gasteiger partial charge in [-0.15, -0.1) is 0 Å². The molecule has 0 atom stereocenters. The van der Waals surface area contributed by atoms with Crippen molar-refractivity contribution in [2.24, 2.45) is 0 Å². The molecule has 1 saturated heterocycles. The summed E-state index contributed by atoms with van der Waals surface area (Å²) < 4.78 is 11.5. The smallest absolute Gasteiger partial charge is 0.278 e. The third-order valence-corrected chi connectivity index (χ3v) is 6.00. The number of carbonyl (C=O) groups is 1. The molecule has 158 valence electrons. The Morgan fingerprint density at radius 2 is 1.87 bits per heavy atom. The fourth-order valence-corrected chi connectivity index (χ4v) is 4.36. The normalized spacial score (nSPS) is 17.3. The van der Waals surface area contributed by atoms with Gasteiger partial charge in [0.05, 0.1) is 19.4 Å². The number of hydrogen-bond donors (Lipinski definition) is 0. The number of hydrogen-bond acceptors (Lipinski definition) is 7. The maximum atomic E-state index is 13.0. The molecule has 2 aliphatic rings. The molecular formula is C23H23N5O3. The summed E-state index contributed by atoms with van der Waals surface area (Å²) in [5.74, 6) is 0.766. The fourth-order valence-electron chi connectivity index (χ4n) is 4.36. The minimum Gasteiger partial charge on any atom is -0.479 e.